The lowest BCUT2D eigenvalue weighted by Gasteiger charge is -2.15. The van der Waals surface area contributed by atoms with E-state index in [-0.39, 0.29) is 22.8 Å². The Labute approximate surface area is 163 Å². The van der Waals surface area contributed by atoms with Crippen molar-refractivity contribution in [2.24, 2.45) is 0 Å². The minimum Gasteiger partial charge on any atom is -0.490 e. The molecule has 28 heavy (non-hydrogen) atoms. The molecule has 1 saturated carbocycles. The van der Waals surface area contributed by atoms with E-state index < -0.39 is 6.61 Å². The number of carbonyl (C=O) groups is 1. The van der Waals surface area contributed by atoms with Crippen LogP contribution in [0, 0.1) is 0 Å². The number of nitrogens with one attached hydrogen (secondary N) is 1. The molecule has 0 heterocycles. The van der Waals surface area contributed by atoms with E-state index in [0.29, 0.717) is 18.7 Å². The number of rotatable bonds is 9. The van der Waals surface area contributed by atoms with E-state index in [4.69, 9.17) is 4.74 Å². The molecule has 1 fully saturated rings. The maximum absolute atomic E-state index is 12.5. The summed E-state index contributed by atoms with van der Waals surface area (Å²) >= 11 is 0. The minimum absolute atomic E-state index is 0.0306. The quantitative estimate of drug-likeness (QED) is 0.642. The van der Waals surface area contributed by atoms with Crippen LogP contribution in [0.15, 0.2) is 54.6 Å². The molecule has 0 radical (unpaired) electrons. The van der Waals surface area contributed by atoms with Gasteiger partial charge < -0.3 is 14.8 Å². The van der Waals surface area contributed by atoms with E-state index in [1.165, 1.54) is 17.7 Å². The first-order valence-corrected chi connectivity index (χ1v) is 9.25. The summed E-state index contributed by atoms with van der Waals surface area (Å²) in [5, 5.41) is 2.95. The highest BCUT2D eigenvalue weighted by atomic mass is 19.3. The largest absolute Gasteiger partial charge is 0.490 e. The van der Waals surface area contributed by atoms with Gasteiger partial charge in [-0.25, -0.2) is 0 Å². The highest BCUT2D eigenvalue weighted by molar-refractivity contribution is 5.91. The molecule has 0 spiro atoms. The van der Waals surface area contributed by atoms with E-state index >= 15 is 0 Å². The second kappa shape index (κ2) is 8.87. The Balaban J connectivity index is 1.60. The highest BCUT2D eigenvalue weighted by Crippen LogP contribution is 2.47. The average molecular weight is 387 g/mol. The van der Waals surface area contributed by atoms with Gasteiger partial charge in [0.2, 0.25) is 5.91 Å². The number of hydrogen-bond acceptors (Lipinski definition) is 3. The Bertz CT molecular complexity index is 833. The van der Waals surface area contributed by atoms with E-state index in [2.05, 4.69) is 22.2 Å². The molecule has 148 valence electrons. The molecule has 1 aliphatic rings. The van der Waals surface area contributed by atoms with Crippen LogP contribution in [-0.4, -0.2) is 25.7 Å². The van der Waals surface area contributed by atoms with Gasteiger partial charge in [0.05, 0.1) is 6.61 Å². The zero-order valence-corrected chi connectivity index (χ0v) is 15.7. The van der Waals surface area contributed by atoms with Crippen molar-refractivity contribution in [1.29, 1.82) is 0 Å². The van der Waals surface area contributed by atoms with Gasteiger partial charge in [-0.05, 0) is 49.1 Å². The lowest BCUT2D eigenvalue weighted by molar-refractivity contribution is -0.116. The third-order valence-corrected chi connectivity index (χ3v) is 4.75. The van der Waals surface area contributed by atoms with Crippen molar-refractivity contribution in [3.05, 3.63) is 65.7 Å². The molecule has 0 atom stereocenters. The summed E-state index contributed by atoms with van der Waals surface area (Å²) in [6, 6.07) is 14.7. The van der Waals surface area contributed by atoms with Crippen molar-refractivity contribution in [3.63, 3.8) is 0 Å². The molecule has 0 unspecified atom stereocenters. The SMILES string of the molecule is CCOc1cc(C=CC(=O)NCC2(c3ccccc3)CC2)ccc1OC(F)F. The topological polar surface area (TPSA) is 47.6 Å². The highest BCUT2D eigenvalue weighted by Gasteiger charge is 2.44. The standard InChI is InChI=1S/C22H23F2NO3/c1-2-27-19-14-16(8-10-18(19)28-21(23)24)9-11-20(26)25-15-22(12-13-22)17-6-4-3-5-7-17/h3-11,14,21H,2,12-13,15H2,1H3,(H,25,26). The third-order valence-electron chi connectivity index (χ3n) is 4.75. The molecule has 1 amide bonds. The predicted molar refractivity (Wildman–Crippen MR) is 104 cm³/mol. The fourth-order valence-corrected chi connectivity index (χ4v) is 3.09. The van der Waals surface area contributed by atoms with Gasteiger partial charge in [-0.15, -0.1) is 0 Å². The Morgan fingerprint density at radius 2 is 1.93 bits per heavy atom. The number of halogens is 2. The van der Waals surface area contributed by atoms with Crippen molar-refractivity contribution >= 4 is 12.0 Å². The maximum atomic E-state index is 12.5. The molecule has 2 aromatic rings. The molecular weight excluding hydrogens is 364 g/mol. The second-order valence-electron chi connectivity index (χ2n) is 6.72. The van der Waals surface area contributed by atoms with Crippen LogP contribution in [0.3, 0.4) is 0 Å². The lowest BCUT2D eigenvalue weighted by Crippen LogP contribution is -2.30. The number of hydrogen-bond donors (Lipinski definition) is 1. The van der Waals surface area contributed by atoms with Gasteiger partial charge in [-0.1, -0.05) is 36.4 Å². The normalized spacial score (nSPS) is 14.9. The molecular formula is C22H23F2NO3. The van der Waals surface area contributed by atoms with Crippen LogP contribution in [-0.2, 0) is 10.2 Å². The summed E-state index contributed by atoms with van der Waals surface area (Å²) in [4.78, 5) is 12.2. The van der Waals surface area contributed by atoms with Gasteiger partial charge in [-0.3, -0.25) is 4.79 Å². The van der Waals surface area contributed by atoms with E-state index in [1.54, 1.807) is 25.1 Å². The molecule has 1 aliphatic carbocycles. The summed E-state index contributed by atoms with van der Waals surface area (Å²) in [7, 11) is 0. The van der Waals surface area contributed by atoms with Gasteiger partial charge in [0.15, 0.2) is 11.5 Å². The summed E-state index contributed by atoms with van der Waals surface area (Å²) < 4.78 is 34.7. The van der Waals surface area contributed by atoms with Crippen molar-refractivity contribution in [2.75, 3.05) is 13.2 Å². The lowest BCUT2D eigenvalue weighted by atomic mass is 9.96. The Morgan fingerprint density at radius 1 is 1.18 bits per heavy atom. The van der Waals surface area contributed by atoms with Crippen LogP contribution in [0.2, 0.25) is 0 Å². The second-order valence-corrected chi connectivity index (χ2v) is 6.72. The van der Waals surface area contributed by atoms with Crippen molar-refractivity contribution in [2.45, 2.75) is 31.8 Å². The molecule has 0 aliphatic heterocycles. The first-order valence-electron chi connectivity index (χ1n) is 9.25. The van der Waals surface area contributed by atoms with Gasteiger partial charge in [0.1, 0.15) is 0 Å². The first kappa shape index (κ1) is 19.9. The van der Waals surface area contributed by atoms with Gasteiger partial charge in [-0.2, -0.15) is 8.78 Å². The van der Waals surface area contributed by atoms with Gasteiger partial charge in [0.25, 0.3) is 0 Å². The number of benzene rings is 2. The summed E-state index contributed by atoms with van der Waals surface area (Å²) in [6.45, 7) is -0.270. The van der Waals surface area contributed by atoms with Crippen molar-refractivity contribution < 1.29 is 23.0 Å². The van der Waals surface area contributed by atoms with Crippen LogP contribution >= 0.6 is 0 Å². The Kier molecular flexibility index (Phi) is 6.29. The molecule has 4 nitrogen and oxygen atoms in total. The molecule has 2 aromatic carbocycles. The molecule has 3 rings (SSSR count). The molecule has 0 bridgehead atoms. The molecule has 1 N–H and O–H groups in total. The molecule has 0 saturated heterocycles. The summed E-state index contributed by atoms with van der Waals surface area (Å²) in [5.41, 5.74) is 1.95. The molecule has 0 aromatic heterocycles. The molecule has 6 heteroatoms. The first-order chi connectivity index (χ1) is 13.5. The van der Waals surface area contributed by atoms with Crippen LogP contribution in [0.5, 0.6) is 11.5 Å². The maximum Gasteiger partial charge on any atom is 0.387 e. The Hall–Kier alpha value is -2.89. The van der Waals surface area contributed by atoms with Crippen LogP contribution in [0.4, 0.5) is 8.78 Å². The summed E-state index contributed by atoms with van der Waals surface area (Å²) in [5.74, 6) is -0.0172. The van der Waals surface area contributed by atoms with Gasteiger partial charge >= 0.3 is 6.61 Å². The van der Waals surface area contributed by atoms with Crippen molar-refractivity contribution in [1.82, 2.24) is 5.32 Å². The average Bonchev–Trinajstić information content (AvgIpc) is 3.48. The van der Waals surface area contributed by atoms with Gasteiger partial charge in [0, 0.05) is 18.0 Å². The number of alkyl halides is 2. The van der Waals surface area contributed by atoms with E-state index in [1.807, 2.05) is 18.2 Å². The van der Waals surface area contributed by atoms with E-state index in [0.717, 1.165) is 12.8 Å². The fourth-order valence-electron chi connectivity index (χ4n) is 3.09. The number of amides is 1. The number of carbonyl (C=O) groups excluding carboxylic acids is 1. The Morgan fingerprint density at radius 3 is 2.57 bits per heavy atom. The number of ether oxygens (including phenoxy) is 2. The zero-order valence-electron chi connectivity index (χ0n) is 15.7. The van der Waals surface area contributed by atoms with Crippen LogP contribution < -0.4 is 14.8 Å². The monoisotopic (exact) mass is 387 g/mol. The van der Waals surface area contributed by atoms with Crippen LogP contribution in [0.1, 0.15) is 30.9 Å². The predicted octanol–water partition coefficient (Wildman–Crippen LogP) is 4.55. The van der Waals surface area contributed by atoms with E-state index in [9.17, 15) is 13.6 Å². The van der Waals surface area contributed by atoms with Crippen molar-refractivity contribution in [3.8, 4) is 11.5 Å². The third kappa shape index (κ3) is 5.09. The smallest absolute Gasteiger partial charge is 0.387 e. The minimum atomic E-state index is -2.93. The zero-order chi connectivity index (χ0) is 20.0. The van der Waals surface area contributed by atoms with Crippen LogP contribution in [0.25, 0.3) is 6.08 Å². The summed E-state index contributed by atoms with van der Waals surface area (Å²) in [6.07, 6.45) is 5.17. The fraction of sp³-hybridized carbons (Fsp3) is 0.318.